The third-order valence-electron chi connectivity index (χ3n) is 7.64. The number of hydrogen-bond donors (Lipinski definition) is 2. The molecule has 0 radical (unpaired) electrons. The summed E-state index contributed by atoms with van der Waals surface area (Å²) in [5.41, 5.74) is 3.39. The van der Waals surface area contributed by atoms with Gasteiger partial charge < -0.3 is 15.0 Å². The van der Waals surface area contributed by atoms with Crippen molar-refractivity contribution in [1.29, 1.82) is 5.26 Å². The van der Waals surface area contributed by atoms with Crippen molar-refractivity contribution in [2.24, 2.45) is 0 Å². The number of piperazine rings is 1. The lowest BCUT2D eigenvalue weighted by Gasteiger charge is -2.41. The van der Waals surface area contributed by atoms with E-state index in [2.05, 4.69) is 29.8 Å². The minimum Gasteiger partial charge on any atom is -0.464 e. The van der Waals surface area contributed by atoms with Crippen molar-refractivity contribution in [3.8, 4) is 6.07 Å². The number of nitrogens with one attached hydrogen (secondary N) is 1. The minimum atomic E-state index is -4.21. The molecule has 10 nitrogen and oxygen atoms in total. The van der Waals surface area contributed by atoms with E-state index in [1.807, 2.05) is 24.3 Å². The molecule has 3 aromatic rings. The number of aromatic nitrogens is 1. The molecule has 1 aromatic heterocycles. The van der Waals surface area contributed by atoms with E-state index < -0.39 is 27.3 Å². The van der Waals surface area contributed by atoms with Crippen molar-refractivity contribution in [3.63, 3.8) is 0 Å². The van der Waals surface area contributed by atoms with E-state index in [4.69, 9.17) is 0 Å². The maximum Gasteiger partial charge on any atom is 0.422 e. The number of amides is 1. The first kappa shape index (κ1) is 26.7. The Morgan fingerprint density at radius 1 is 1.10 bits per heavy atom. The second-order valence-electron chi connectivity index (χ2n) is 11.5. The lowest BCUT2D eigenvalue weighted by Crippen LogP contribution is -2.58. The fraction of sp³-hybridized carbons (Fsp3) is 0.393. The van der Waals surface area contributed by atoms with Gasteiger partial charge in [-0.15, -0.1) is 0 Å². The van der Waals surface area contributed by atoms with Gasteiger partial charge in [-0.2, -0.15) is 22.3 Å². The number of carboxylic acid groups (broad SMARTS) is 1. The van der Waals surface area contributed by atoms with Crippen LogP contribution in [0.3, 0.4) is 0 Å². The zero-order chi connectivity index (χ0) is 28.5. The summed E-state index contributed by atoms with van der Waals surface area (Å²) in [5.74, 6) is -0.0753. The van der Waals surface area contributed by atoms with Gasteiger partial charge in [0.05, 0.1) is 22.7 Å². The van der Waals surface area contributed by atoms with Crippen LogP contribution in [0.5, 0.6) is 0 Å². The van der Waals surface area contributed by atoms with Crippen LogP contribution in [0.25, 0.3) is 10.9 Å². The molecule has 1 fully saturated rings. The number of benzene rings is 2. The van der Waals surface area contributed by atoms with Crippen molar-refractivity contribution in [2.75, 3.05) is 31.1 Å². The van der Waals surface area contributed by atoms with E-state index in [0.717, 1.165) is 27.8 Å². The number of carbonyl (C=O) groups excluding carboxylic acids is 1. The Hall–Kier alpha value is -3.88. The van der Waals surface area contributed by atoms with Crippen LogP contribution in [-0.2, 0) is 15.6 Å². The smallest absolute Gasteiger partial charge is 0.422 e. The molecule has 5 rings (SSSR count). The maximum atomic E-state index is 13.6. The second kappa shape index (κ2) is 8.83. The van der Waals surface area contributed by atoms with Crippen LogP contribution < -0.4 is 4.90 Å². The van der Waals surface area contributed by atoms with E-state index in [1.165, 1.54) is 4.31 Å². The summed E-state index contributed by atoms with van der Waals surface area (Å²) in [6, 6.07) is 13.1. The molecule has 1 amide bonds. The molecule has 0 saturated carbocycles. The first-order valence-corrected chi connectivity index (χ1v) is 14.1. The van der Waals surface area contributed by atoms with E-state index in [1.54, 1.807) is 32.9 Å². The lowest BCUT2D eigenvalue weighted by atomic mass is 9.71. The number of anilines is 1. The first-order valence-electron chi connectivity index (χ1n) is 12.7. The van der Waals surface area contributed by atoms with Gasteiger partial charge in [0.2, 0.25) is 0 Å². The summed E-state index contributed by atoms with van der Waals surface area (Å²) < 4.78 is 28.0. The molecule has 2 heterocycles. The number of carbonyl (C=O) groups is 2. The normalized spacial score (nSPS) is 17.4. The molecule has 2 aliphatic rings. The molecule has 0 bridgehead atoms. The second-order valence-corrected chi connectivity index (χ2v) is 13.3. The Kier molecular flexibility index (Phi) is 6.05. The average molecular weight is 550 g/mol. The highest BCUT2D eigenvalue weighted by molar-refractivity contribution is 7.87. The van der Waals surface area contributed by atoms with Crippen LogP contribution in [0.1, 0.15) is 67.4 Å². The molecule has 2 aromatic carbocycles. The largest absolute Gasteiger partial charge is 0.464 e. The number of nitrogens with zero attached hydrogens (tertiary/aromatic N) is 4. The Bertz CT molecular complexity index is 1670. The summed E-state index contributed by atoms with van der Waals surface area (Å²) in [6.07, 6.45) is -1.51. The van der Waals surface area contributed by atoms with Crippen LogP contribution in [0.4, 0.5) is 10.5 Å². The van der Waals surface area contributed by atoms with Gasteiger partial charge in [-0.3, -0.25) is 4.79 Å². The number of ketones is 1. The van der Waals surface area contributed by atoms with Crippen molar-refractivity contribution in [1.82, 2.24) is 13.6 Å². The van der Waals surface area contributed by atoms with Gasteiger partial charge in [-0.05, 0) is 56.7 Å². The summed E-state index contributed by atoms with van der Waals surface area (Å²) in [4.78, 5) is 30.9. The number of hydrogen-bond acceptors (Lipinski definition) is 6. The third kappa shape index (κ3) is 4.15. The Morgan fingerprint density at radius 2 is 1.77 bits per heavy atom. The quantitative estimate of drug-likeness (QED) is 0.503. The molecule has 1 aliphatic heterocycles. The predicted octanol–water partition coefficient (Wildman–Crippen LogP) is 4.06. The molecule has 1 aliphatic carbocycles. The van der Waals surface area contributed by atoms with Gasteiger partial charge in [-0.1, -0.05) is 19.9 Å². The average Bonchev–Trinajstić information content (AvgIpc) is 3.26. The van der Waals surface area contributed by atoms with Crippen LogP contribution in [-0.4, -0.2) is 70.7 Å². The molecule has 204 valence electrons. The van der Waals surface area contributed by atoms with Crippen molar-refractivity contribution in [3.05, 3.63) is 64.3 Å². The lowest BCUT2D eigenvalue weighted by molar-refractivity contribution is 0.103. The van der Waals surface area contributed by atoms with E-state index in [0.29, 0.717) is 34.1 Å². The van der Waals surface area contributed by atoms with Gasteiger partial charge in [0.25, 0.3) is 0 Å². The summed E-state index contributed by atoms with van der Waals surface area (Å²) in [7, 11) is -4.21. The van der Waals surface area contributed by atoms with Crippen molar-refractivity contribution < 1.29 is 23.1 Å². The molecular formula is C28H31N5O5S. The highest BCUT2D eigenvalue weighted by Gasteiger charge is 2.43. The zero-order valence-electron chi connectivity index (χ0n) is 22.6. The third-order valence-corrected chi connectivity index (χ3v) is 9.83. The fourth-order valence-corrected chi connectivity index (χ4v) is 7.45. The summed E-state index contributed by atoms with van der Waals surface area (Å²) in [5, 5.41) is 19.7. The van der Waals surface area contributed by atoms with Crippen LogP contribution in [0.15, 0.2) is 36.4 Å². The zero-order valence-corrected chi connectivity index (χ0v) is 23.4. The molecule has 0 unspecified atom stereocenters. The number of H-pyrrole nitrogens is 1. The Balaban J connectivity index is 1.44. The molecule has 11 heteroatoms. The highest BCUT2D eigenvalue weighted by atomic mass is 32.2. The van der Waals surface area contributed by atoms with Gasteiger partial charge >= 0.3 is 16.3 Å². The number of aromatic amines is 1. The topological polar surface area (TPSA) is 138 Å². The van der Waals surface area contributed by atoms with Crippen LogP contribution >= 0.6 is 0 Å². The maximum absolute atomic E-state index is 13.6. The van der Waals surface area contributed by atoms with Crippen molar-refractivity contribution >= 4 is 38.7 Å². The number of nitriles is 1. The van der Waals surface area contributed by atoms with E-state index in [9.17, 15) is 28.4 Å². The van der Waals surface area contributed by atoms with Gasteiger partial charge in [0.1, 0.15) is 0 Å². The van der Waals surface area contributed by atoms with Crippen LogP contribution in [0, 0.1) is 11.3 Å². The van der Waals surface area contributed by atoms with Crippen molar-refractivity contribution in [2.45, 2.75) is 45.6 Å². The fourth-order valence-electron chi connectivity index (χ4n) is 5.71. The van der Waals surface area contributed by atoms with Gasteiger partial charge in [0, 0.05) is 59.4 Å². The summed E-state index contributed by atoms with van der Waals surface area (Å²) in [6.45, 7) is 9.77. The molecule has 2 N–H and O–H groups in total. The molecule has 39 heavy (non-hydrogen) atoms. The standard InChI is InChI=1S/C28H31N5O5S/c1-27(2,3)33(26(35)36)39(37,38)32-12-10-31(11-13-32)18-7-9-19-21(15-18)28(4,5)25-23(24(19)34)20-8-6-17(16-29)14-22(20)30-25/h6-9,14-15,30H,10-13H2,1-5H3,(H,35,36). The highest BCUT2D eigenvalue weighted by Crippen LogP contribution is 2.45. The number of fused-ring (bicyclic) bond motifs is 4. The SMILES string of the molecule is CC1(C)c2cc(N3CCN(S(=O)(=O)N(C(=O)O)C(C)(C)C)CC3)ccc2C(=O)c2c1[nH]c1cc(C#N)ccc21. The monoisotopic (exact) mass is 549 g/mol. The first-order chi connectivity index (χ1) is 18.2. The van der Waals surface area contributed by atoms with Crippen LogP contribution in [0.2, 0.25) is 0 Å². The predicted molar refractivity (Wildman–Crippen MR) is 147 cm³/mol. The van der Waals surface area contributed by atoms with Gasteiger partial charge in [0.15, 0.2) is 5.78 Å². The van der Waals surface area contributed by atoms with E-state index >= 15 is 0 Å². The molecule has 0 atom stereocenters. The van der Waals surface area contributed by atoms with Gasteiger partial charge in [-0.25, -0.2) is 4.79 Å². The summed E-state index contributed by atoms with van der Waals surface area (Å²) >= 11 is 0. The number of rotatable bonds is 3. The Morgan fingerprint density at radius 3 is 2.36 bits per heavy atom. The minimum absolute atomic E-state index is 0.0753. The molecule has 0 spiro atoms. The molecule has 1 saturated heterocycles. The van der Waals surface area contributed by atoms with E-state index in [-0.39, 0.29) is 18.9 Å². The Labute approximate surface area is 227 Å². The molecular weight excluding hydrogens is 518 g/mol.